The van der Waals surface area contributed by atoms with Gasteiger partial charge in [0.15, 0.2) is 23.2 Å². The largest absolute Gasteiger partial charge is 0.493 e. The Morgan fingerprint density at radius 1 is 1.05 bits per heavy atom. The van der Waals surface area contributed by atoms with Crippen LogP contribution in [0.4, 0.5) is 0 Å². The number of hydrogen-bond acceptors (Lipinski definition) is 8. The van der Waals surface area contributed by atoms with Crippen molar-refractivity contribution in [3.63, 3.8) is 0 Å². The molecule has 4 rings (SSSR count). The molecule has 1 aliphatic heterocycles. The molecule has 1 fully saturated rings. The number of piperidine rings is 1. The van der Waals surface area contributed by atoms with E-state index in [0.29, 0.717) is 39.9 Å². The van der Waals surface area contributed by atoms with Crippen molar-refractivity contribution in [2.45, 2.75) is 51.3 Å². The first-order chi connectivity index (χ1) is 18.5. The number of benzene rings is 2. The number of ketones is 1. The lowest BCUT2D eigenvalue weighted by Gasteiger charge is -2.32. The van der Waals surface area contributed by atoms with Crippen LogP contribution in [-0.2, 0) is 14.8 Å². The van der Waals surface area contributed by atoms with E-state index in [1.54, 1.807) is 26.4 Å². The third-order valence-corrected chi connectivity index (χ3v) is 10.7. The Bertz CT molecular complexity index is 1520. The van der Waals surface area contributed by atoms with Gasteiger partial charge in [0, 0.05) is 30.0 Å². The molecule has 0 bridgehead atoms. The van der Waals surface area contributed by atoms with Crippen LogP contribution >= 0.6 is 11.3 Å². The fourth-order valence-corrected chi connectivity index (χ4v) is 8.02. The minimum atomic E-state index is -3.71. The molecule has 0 saturated carbocycles. The molecule has 0 spiro atoms. The van der Waals surface area contributed by atoms with Gasteiger partial charge in [0.05, 0.1) is 30.9 Å². The average Bonchev–Trinajstić information content (AvgIpc) is 3.42. The van der Waals surface area contributed by atoms with E-state index < -0.39 is 21.9 Å². The predicted octanol–water partition coefficient (Wildman–Crippen LogP) is 5.34. The van der Waals surface area contributed by atoms with Gasteiger partial charge in [-0.05, 0) is 81.0 Å². The Balaban J connectivity index is 1.49. The standard InChI is InChI=1S/C29H33N3O5S2/c1-17-13-18(2)20(4)28(19(17)3)39(34,35)32-11-9-21(10-12-32)27(33)23(15-30)29-31-24(16-38-29)22-7-8-25(36-5)26(14-22)37-6/h7-8,13-14,16,21,23H,9-12H2,1-6H3/t23-/m1/s1. The monoisotopic (exact) mass is 567 g/mol. The lowest BCUT2D eigenvalue weighted by Crippen LogP contribution is -2.41. The number of carbonyl (C=O) groups is 1. The zero-order valence-corrected chi connectivity index (χ0v) is 24.7. The highest BCUT2D eigenvalue weighted by atomic mass is 32.2. The number of hydrogen-bond donors (Lipinski definition) is 0. The van der Waals surface area contributed by atoms with Crippen molar-refractivity contribution >= 4 is 27.1 Å². The summed E-state index contributed by atoms with van der Waals surface area (Å²) in [6.07, 6.45) is 0.736. The van der Waals surface area contributed by atoms with E-state index in [2.05, 4.69) is 11.1 Å². The quantitative estimate of drug-likeness (QED) is 0.361. The molecule has 1 aliphatic rings. The van der Waals surface area contributed by atoms with Crippen molar-refractivity contribution in [3.05, 3.63) is 56.9 Å². The van der Waals surface area contributed by atoms with E-state index in [-0.39, 0.29) is 18.9 Å². The van der Waals surface area contributed by atoms with Crippen molar-refractivity contribution in [2.75, 3.05) is 27.3 Å². The van der Waals surface area contributed by atoms with Gasteiger partial charge in [0.1, 0.15) is 5.01 Å². The number of sulfonamides is 1. The first-order valence-corrected chi connectivity index (χ1v) is 15.0. The number of carbonyl (C=O) groups excluding carboxylic acids is 1. The van der Waals surface area contributed by atoms with E-state index in [1.165, 1.54) is 15.6 Å². The molecule has 1 saturated heterocycles. The highest BCUT2D eigenvalue weighted by Gasteiger charge is 2.37. The summed E-state index contributed by atoms with van der Waals surface area (Å²) in [7, 11) is -0.589. The van der Waals surface area contributed by atoms with Crippen molar-refractivity contribution < 1.29 is 22.7 Å². The SMILES string of the molecule is COc1ccc(-c2csc([C@H](C#N)C(=O)C3CCN(S(=O)(=O)c4c(C)c(C)cc(C)c4C)CC3)n2)cc1OC. The molecule has 0 N–H and O–H groups in total. The van der Waals surface area contributed by atoms with Gasteiger partial charge in [-0.15, -0.1) is 11.3 Å². The molecule has 0 aliphatic carbocycles. The molecule has 0 unspecified atom stereocenters. The smallest absolute Gasteiger partial charge is 0.243 e. The minimum absolute atomic E-state index is 0.207. The van der Waals surface area contributed by atoms with Gasteiger partial charge in [0.2, 0.25) is 10.0 Å². The Kier molecular flexibility index (Phi) is 8.45. The summed E-state index contributed by atoms with van der Waals surface area (Å²) in [5, 5.41) is 12.2. The second-order valence-electron chi connectivity index (χ2n) is 9.87. The van der Waals surface area contributed by atoms with Crippen LogP contribution in [0.15, 0.2) is 34.5 Å². The zero-order chi connectivity index (χ0) is 28.5. The molecule has 2 aromatic carbocycles. The van der Waals surface area contributed by atoms with Crippen LogP contribution in [0.1, 0.15) is 46.0 Å². The lowest BCUT2D eigenvalue weighted by atomic mass is 9.87. The highest BCUT2D eigenvalue weighted by Crippen LogP contribution is 2.36. The van der Waals surface area contributed by atoms with Gasteiger partial charge in [-0.3, -0.25) is 4.79 Å². The Labute approximate surface area is 234 Å². The number of rotatable bonds is 8. The molecule has 2 heterocycles. The first-order valence-electron chi connectivity index (χ1n) is 12.7. The first kappa shape index (κ1) is 28.7. The summed E-state index contributed by atoms with van der Waals surface area (Å²) in [6, 6.07) is 9.57. The van der Waals surface area contributed by atoms with E-state index in [0.717, 1.165) is 27.8 Å². The summed E-state index contributed by atoms with van der Waals surface area (Å²) < 4.78 is 39.4. The number of aromatic nitrogens is 1. The summed E-state index contributed by atoms with van der Waals surface area (Å²) >= 11 is 1.27. The normalized spacial score (nSPS) is 15.5. The number of nitriles is 1. The maximum atomic E-state index is 13.6. The molecule has 3 aromatic rings. The molecule has 0 amide bonds. The predicted molar refractivity (Wildman–Crippen MR) is 151 cm³/mol. The van der Waals surface area contributed by atoms with Crippen LogP contribution in [0.2, 0.25) is 0 Å². The molecule has 0 radical (unpaired) electrons. The molecule has 39 heavy (non-hydrogen) atoms. The molecule has 10 heteroatoms. The number of nitrogens with zero attached hydrogens (tertiary/aromatic N) is 3. The topological polar surface area (TPSA) is 110 Å². The van der Waals surface area contributed by atoms with Crippen LogP contribution in [0, 0.1) is 44.9 Å². The second kappa shape index (κ2) is 11.5. The third-order valence-electron chi connectivity index (χ3n) is 7.61. The van der Waals surface area contributed by atoms with E-state index >= 15 is 0 Å². The molecule has 8 nitrogen and oxygen atoms in total. The van der Waals surface area contributed by atoms with Crippen LogP contribution in [0.3, 0.4) is 0 Å². The van der Waals surface area contributed by atoms with Crippen LogP contribution in [0.5, 0.6) is 11.5 Å². The van der Waals surface area contributed by atoms with Crippen molar-refractivity contribution in [2.24, 2.45) is 5.92 Å². The van der Waals surface area contributed by atoms with E-state index in [9.17, 15) is 18.5 Å². The Hall–Kier alpha value is -3.26. The Morgan fingerprint density at radius 2 is 1.67 bits per heavy atom. The fraction of sp³-hybridized carbons (Fsp3) is 0.414. The van der Waals surface area contributed by atoms with Gasteiger partial charge in [-0.1, -0.05) is 6.07 Å². The summed E-state index contributed by atoms with van der Waals surface area (Å²) in [5.41, 5.74) is 4.83. The van der Waals surface area contributed by atoms with Gasteiger partial charge in [0.25, 0.3) is 0 Å². The summed E-state index contributed by atoms with van der Waals surface area (Å²) in [6.45, 7) is 7.99. The van der Waals surface area contributed by atoms with E-state index in [1.807, 2.05) is 45.2 Å². The Morgan fingerprint density at radius 3 is 2.23 bits per heavy atom. The van der Waals surface area contributed by atoms with Gasteiger partial charge >= 0.3 is 0 Å². The van der Waals surface area contributed by atoms with Gasteiger partial charge in [-0.2, -0.15) is 9.57 Å². The maximum absolute atomic E-state index is 13.6. The molecular weight excluding hydrogens is 534 g/mol. The lowest BCUT2D eigenvalue weighted by molar-refractivity contribution is -0.124. The van der Waals surface area contributed by atoms with Crippen LogP contribution in [-0.4, -0.2) is 50.8 Å². The van der Waals surface area contributed by atoms with Crippen LogP contribution in [0.25, 0.3) is 11.3 Å². The fourth-order valence-electron chi connectivity index (χ4n) is 5.10. The molecule has 206 valence electrons. The van der Waals surface area contributed by atoms with Crippen molar-refractivity contribution in [1.29, 1.82) is 5.26 Å². The second-order valence-corrected chi connectivity index (χ2v) is 12.6. The third kappa shape index (κ3) is 5.44. The molecule has 1 atom stereocenters. The maximum Gasteiger partial charge on any atom is 0.243 e. The number of aryl methyl sites for hydroxylation is 2. The van der Waals surface area contributed by atoms with Gasteiger partial charge in [-0.25, -0.2) is 13.4 Å². The average molecular weight is 568 g/mol. The zero-order valence-electron chi connectivity index (χ0n) is 23.1. The van der Waals surface area contributed by atoms with Crippen molar-refractivity contribution in [3.8, 4) is 28.8 Å². The number of ether oxygens (including phenoxy) is 2. The summed E-state index contributed by atoms with van der Waals surface area (Å²) in [5.74, 6) is -0.457. The summed E-state index contributed by atoms with van der Waals surface area (Å²) in [4.78, 5) is 18.4. The molecular formula is C29H33N3O5S2. The highest BCUT2D eigenvalue weighted by molar-refractivity contribution is 7.89. The number of thiazole rings is 1. The molecule has 1 aromatic heterocycles. The number of Topliss-reactive ketones (excluding diaryl/α,β-unsaturated/α-hetero) is 1. The van der Waals surface area contributed by atoms with E-state index in [4.69, 9.17) is 9.47 Å². The van der Waals surface area contributed by atoms with Crippen molar-refractivity contribution in [1.82, 2.24) is 9.29 Å². The number of methoxy groups -OCH3 is 2. The minimum Gasteiger partial charge on any atom is -0.493 e. The van der Waals surface area contributed by atoms with Crippen LogP contribution < -0.4 is 9.47 Å². The van der Waals surface area contributed by atoms with Gasteiger partial charge < -0.3 is 9.47 Å².